The molecule has 0 bridgehead atoms. The number of unbranched alkanes of at least 4 members (excludes halogenated alkanes) is 14. The monoisotopic (exact) mass is 539 g/mol. The third-order valence-electron chi connectivity index (χ3n) is 6.74. The molecule has 0 heterocycles. The quantitative estimate of drug-likeness (QED) is 0.0318. The zero-order valence-corrected chi connectivity index (χ0v) is 25.2. The van der Waals surface area contributed by atoms with Crippen LogP contribution in [0.3, 0.4) is 0 Å². The van der Waals surface area contributed by atoms with E-state index in [0.29, 0.717) is 5.96 Å². The van der Waals surface area contributed by atoms with Gasteiger partial charge in [-0.3, -0.25) is 4.99 Å². The average molecular weight is 539 g/mol. The topological polar surface area (TPSA) is 125 Å². The number of nitrogens with zero attached hydrogens (tertiary/aromatic N) is 2. The van der Waals surface area contributed by atoms with E-state index in [1.165, 1.54) is 96.3 Å². The molecule has 0 saturated carbocycles. The van der Waals surface area contributed by atoms with Gasteiger partial charge in [0.15, 0.2) is 0 Å². The maximum absolute atomic E-state index is 5.89. The number of hydrogen-bond acceptors (Lipinski definition) is 6. The van der Waals surface area contributed by atoms with Gasteiger partial charge < -0.3 is 27.4 Å². The molecule has 0 rings (SSSR count). The van der Waals surface area contributed by atoms with Crippen molar-refractivity contribution in [1.29, 1.82) is 0 Å². The SMILES string of the molecule is CCCCCCCCCCCCCCCCN=C(N)N/N=C/CCNCCCNCCCCNCCCN. The normalized spacial score (nSPS) is 12.1. The van der Waals surface area contributed by atoms with E-state index in [-0.39, 0.29) is 0 Å². The fourth-order valence-electron chi connectivity index (χ4n) is 4.32. The van der Waals surface area contributed by atoms with Gasteiger partial charge in [0.05, 0.1) is 0 Å². The standard InChI is InChI=1S/C30H66N8/c1-2-3-4-5-6-7-8-9-10-11-12-13-14-15-28-36-30(32)38-37-29-20-27-35-26-19-25-34-23-17-16-22-33-24-18-21-31/h29,33-35H,2-28,31H2,1H3,(H3,32,36,38)/b37-29+. The van der Waals surface area contributed by atoms with Crippen molar-refractivity contribution < 1.29 is 0 Å². The van der Waals surface area contributed by atoms with Gasteiger partial charge in [-0.15, -0.1) is 0 Å². The lowest BCUT2D eigenvalue weighted by Gasteiger charge is -2.06. The molecule has 0 aliphatic rings. The summed E-state index contributed by atoms with van der Waals surface area (Å²) in [5, 5.41) is 14.5. The molecule has 0 amide bonds. The summed E-state index contributed by atoms with van der Waals surface area (Å²) in [7, 11) is 0. The van der Waals surface area contributed by atoms with Gasteiger partial charge in [-0.05, 0) is 77.8 Å². The average Bonchev–Trinajstić information content (AvgIpc) is 2.92. The van der Waals surface area contributed by atoms with Crippen molar-refractivity contribution in [2.24, 2.45) is 21.6 Å². The summed E-state index contributed by atoms with van der Waals surface area (Å²) in [6.45, 7) is 10.1. The van der Waals surface area contributed by atoms with Crippen molar-refractivity contribution in [2.45, 2.75) is 129 Å². The summed E-state index contributed by atoms with van der Waals surface area (Å²) < 4.78 is 0. The number of nitrogens with one attached hydrogen (secondary N) is 4. The molecule has 0 aliphatic heterocycles. The molecule has 0 aliphatic carbocycles. The number of hydrazone groups is 1. The zero-order chi connectivity index (χ0) is 27.6. The molecule has 0 unspecified atom stereocenters. The minimum Gasteiger partial charge on any atom is -0.369 e. The summed E-state index contributed by atoms with van der Waals surface area (Å²) >= 11 is 0. The third-order valence-corrected chi connectivity index (χ3v) is 6.74. The Balaban J connectivity index is 3.28. The van der Waals surface area contributed by atoms with Crippen molar-refractivity contribution in [3.05, 3.63) is 0 Å². The molecule has 8 N–H and O–H groups in total. The van der Waals surface area contributed by atoms with Crippen LogP contribution < -0.4 is 32.8 Å². The summed E-state index contributed by atoms with van der Waals surface area (Å²) in [4.78, 5) is 4.37. The maximum Gasteiger partial charge on any atom is 0.209 e. The number of guanidine groups is 1. The van der Waals surface area contributed by atoms with E-state index in [9.17, 15) is 0 Å². The molecule has 0 fully saturated rings. The summed E-state index contributed by atoms with van der Waals surface area (Å²) in [5.41, 5.74) is 14.2. The molecule has 0 aromatic heterocycles. The Bertz CT molecular complexity index is 499. The van der Waals surface area contributed by atoms with Crippen LogP contribution >= 0.6 is 0 Å². The highest BCUT2D eigenvalue weighted by Crippen LogP contribution is 2.12. The minimum absolute atomic E-state index is 0.418. The Hall–Kier alpha value is -1.22. The molecule has 0 atom stereocenters. The van der Waals surface area contributed by atoms with Crippen molar-refractivity contribution in [1.82, 2.24) is 21.4 Å². The van der Waals surface area contributed by atoms with Crippen LogP contribution in [0.4, 0.5) is 0 Å². The molecule has 0 aromatic carbocycles. The van der Waals surface area contributed by atoms with Crippen molar-refractivity contribution in [3.63, 3.8) is 0 Å². The summed E-state index contributed by atoms with van der Waals surface area (Å²) in [6, 6.07) is 0. The molecule has 8 nitrogen and oxygen atoms in total. The van der Waals surface area contributed by atoms with Gasteiger partial charge in [0, 0.05) is 19.3 Å². The third kappa shape index (κ3) is 32.8. The highest BCUT2D eigenvalue weighted by molar-refractivity contribution is 5.78. The van der Waals surface area contributed by atoms with Gasteiger partial charge in [-0.25, -0.2) is 5.43 Å². The van der Waals surface area contributed by atoms with Crippen LogP contribution in [0.1, 0.15) is 129 Å². The number of aliphatic imine (C=N–C) groups is 1. The second-order valence-electron chi connectivity index (χ2n) is 10.5. The molecule has 0 radical (unpaired) electrons. The highest BCUT2D eigenvalue weighted by Gasteiger charge is 1.95. The predicted molar refractivity (Wildman–Crippen MR) is 169 cm³/mol. The van der Waals surface area contributed by atoms with Crippen molar-refractivity contribution in [2.75, 3.05) is 52.4 Å². The van der Waals surface area contributed by atoms with Gasteiger partial charge in [0.2, 0.25) is 5.96 Å². The molecule has 226 valence electrons. The van der Waals surface area contributed by atoms with Crippen molar-refractivity contribution >= 4 is 12.2 Å². The Morgan fingerprint density at radius 1 is 0.579 bits per heavy atom. The molecule has 8 heteroatoms. The van der Waals surface area contributed by atoms with E-state index >= 15 is 0 Å². The number of hydrogen-bond donors (Lipinski definition) is 6. The van der Waals surface area contributed by atoms with Gasteiger partial charge in [0.1, 0.15) is 0 Å². The van der Waals surface area contributed by atoms with Gasteiger partial charge in [0.25, 0.3) is 0 Å². The highest BCUT2D eigenvalue weighted by atomic mass is 15.3. The first-order chi connectivity index (χ1) is 18.8. The molecule has 0 saturated heterocycles. The van der Waals surface area contributed by atoms with E-state index in [1.807, 2.05) is 6.21 Å². The molecule has 0 aromatic rings. The number of rotatable bonds is 31. The fraction of sp³-hybridized carbons (Fsp3) is 0.933. The lowest BCUT2D eigenvalue weighted by Crippen LogP contribution is -2.28. The first kappa shape index (κ1) is 36.8. The van der Waals surface area contributed by atoms with Crippen molar-refractivity contribution in [3.8, 4) is 0 Å². The smallest absolute Gasteiger partial charge is 0.209 e. The molecular formula is C30H66N8. The molecular weight excluding hydrogens is 472 g/mol. The van der Waals surface area contributed by atoms with Gasteiger partial charge in [-0.1, -0.05) is 90.4 Å². The fourth-order valence-corrected chi connectivity index (χ4v) is 4.32. The van der Waals surface area contributed by atoms with Crippen LogP contribution in [0.25, 0.3) is 0 Å². The Labute approximate surface area is 236 Å². The van der Waals surface area contributed by atoms with E-state index in [1.54, 1.807) is 0 Å². The zero-order valence-electron chi connectivity index (χ0n) is 25.2. The molecule has 38 heavy (non-hydrogen) atoms. The first-order valence-corrected chi connectivity index (χ1v) is 16.2. The Morgan fingerprint density at radius 3 is 1.61 bits per heavy atom. The summed E-state index contributed by atoms with van der Waals surface area (Å²) in [6.07, 6.45) is 26.6. The molecule has 0 spiro atoms. The Morgan fingerprint density at radius 2 is 1.05 bits per heavy atom. The largest absolute Gasteiger partial charge is 0.369 e. The van der Waals surface area contributed by atoms with E-state index in [0.717, 1.165) is 78.0 Å². The lowest BCUT2D eigenvalue weighted by molar-refractivity contribution is 0.536. The Kier molecular flexibility index (Phi) is 32.7. The van der Waals surface area contributed by atoms with Crippen LogP contribution in [0.15, 0.2) is 10.1 Å². The van der Waals surface area contributed by atoms with Crippen LogP contribution in [0.5, 0.6) is 0 Å². The predicted octanol–water partition coefficient (Wildman–Crippen LogP) is 5.04. The maximum atomic E-state index is 5.89. The van der Waals surface area contributed by atoms with Gasteiger partial charge in [-0.2, -0.15) is 5.10 Å². The summed E-state index contributed by atoms with van der Waals surface area (Å²) in [5.74, 6) is 0.418. The van der Waals surface area contributed by atoms with E-state index < -0.39 is 0 Å². The van der Waals surface area contributed by atoms with Crippen LogP contribution in [0, 0.1) is 0 Å². The van der Waals surface area contributed by atoms with E-state index in [4.69, 9.17) is 11.5 Å². The van der Waals surface area contributed by atoms with E-state index in [2.05, 4.69) is 38.4 Å². The minimum atomic E-state index is 0.418. The van der Waals surface area contributed by atoms with Gasteiger partial charge >= 0.3 is 0 Å². The van der Waals surface area contributed by atoms with Crippen LogP contribution in [-0.4, -0.2) is 64.5 Å². The van der Waals surface area contributed by atoms with Crippen LogP contribution in [0.2, 0.25) is 0 Å². The second-order valence-corrected chi connectivity index (χ2v) is 10.5. The number of nitrogens with two attached hydrogens (primary N) is 2. The lowest BCUT2D eigenvalue weighted by atomic mass is 10.0. The second kappa shape index (κ2) is 33.8. The first-order valence-electron chi connectivity index (χ1n) is 16.2. The van der Waals surface area contributed by atoms with Crippen LogP contribution in [-0.2, 0) is 0 Å².